The molecule has 0 spiro atoms. The summed E-state index contributed by atoms with van der Waals surface area (Å²) in [5.74, 6) is 0.636. The predicted octanol–water partition coefficient (Wildman–Crippen LogP) is 5.67. The van der Waals surface area contributed by atoms with Crippen LogP contribution in [0.15, 0.2) is 36.4 Å². The lowest BCUT2D eigenvalue weighted by molar-refractivity contribution is 0.0600. The quantitative estimate of drug-likeness (QED) is 0.653. The Labute approximate surface area is 163 Å². The second-order valence-corrected chi connectivity index (χ2v) is 9.08. The summed E-state index contributed by atoms with van der Waals surface area (Å²) in [6.07, 6.45) is 0.748. The summed E-state index contributed by atoms with van der Waals surface area (Å²) in [6.45, 7) is 13.3. The number of rotatable bonds is 4. The van der Waals surface area contributed by atoms with Crippen molar-refractivity contribution in [1.29, 1.82) is 0 Å². The van der Waals surface area contributed by atoms with Crippen LogP contribution in [0.4, 0.5) is 0 Å². The number of ether oxygens (including phenoxy) is 2. The highest BCUT2D eigenvalue weighted by Gasteiger charge is 2.25. The third kappa shape index (κ3) is 4.91. The van der Waals surface area contributed by atoms with Crippen LogP contribution in [0.5, 0.6) is 5.75 Å². The lowest BCUT2D eigenvalue weighted by atomic mass is 9.78. The maximum atomic E-state index is 11.7. The van der Waals surface area contributed by atoms with Gasteiger partial charge in [-0.15, -0.1) is 0 Å². The highest BCUT2D eigenvalue weighted by Crippen LogP contribution is 2.39. The minimum Gasteiger partial charge on any atom is -0.496 e. The fourth-order valence-corrected chi connectivity index (χ4v) is 3.15. The van der Waals surface area contributed by atoms with E-state index >= 15 is 0 Å². The SMILES string of the molecule is COC(=O)c1ccc(Cc2cc(C(C)(C)C)cc(C(C)(C)C)c2OC)cc1. The van der Waals surface area contributed by atoms with Gasteiger partial charge in [-0.3, -0.25) is 0 Å². The molecule has 0 unspecified atom stereocenters. The number of esters is 1. The summed E-state index contributed by atoms with van der Waals surface area (Å²) < 4.78 is 10.6. The van der Waals surface area contributed by atoms with E-state index in [0.29, 0.717) is 5.56 Å². The van der Waals surface area contributed by atoms with Crippen molar-refractivity contribution in [1.82, 2.24) is 0 Å². The smallest absolute Gasteiger partial charge is 0.337 e. The van der Waals surface area contributed by atoms with E-state index in [4.69, 9.17) is 9.47 Å². The average molecular weight is 369 g/mol. The van der Waals surface area contributed by atoms with E-state index in [1.165, 1.54) is 23.8 Å². The fourth-order valence-electron chi connectivity index (χ4n) is 3.15. The number of carbonyl (C=O) groups excluding carboxylic acids is 1. The van der Waals surface area contributed by atoms with Gasteiger partial charge in [-0.25, -0.2) is 4.79 Å². The van der Waals surface area contributed by atoms with E-state index in [2.05, 4.69) is 53.7 Å². The standard InChI is InChI=1S/C24H32O3/c1-23(2,3)19-14-18(21(26-7)20(15-19)24(4,5)6)13-16-9-11-17(12-10-16)22(25)27-8/h9-12,14-15H,13H2,1-8H3. The molecule has 2 aromatic rings. The molecule has 146 valence electrons. The number of carbonyl (C=O) groups is 1. The summed E-state index contributed by atoms with van der Waals surface area (Å²) in [5, 5.41) is 0. The molecule has 2 rings (SSSR count). The van der Waals surface area contributed by atoms with Crippen molar-refractivity contribution < 1.29 is 14.3 Å². The van der Waals surface area contributed by atoms with Crippen molar-refractivity contribution in [2.45, 2.75) is 58.8 Å². The van der Waals surface area contributed by atoms with Crippen molar-refractivity contribution in [2.75, 3.05) is 14.2 Å². The molecule has 0 heterocycles. The summed E-state index contributed by atoms with van der Waals surface area (Å²) in [4.78, 5) is 11.7. The minimum atomic E-state index is -0.316. The first-order valence-electron chi connectivity index (χ1n) is 9.36. The van der Waals surface area contributed by atoms with Crippen LogP contribution in [-0.4, -0.2) is 20.2 Å². The van der Waals surface area contributed by atoms with Crippen molar-refractivity contribution in [3.8, 4) is 5.75 Å². The van der Waals surface area contributed by atoms with Gasteiger partial charge in [0.15, 0.2) is 0 Å². The first-order chi connectivity index (χ1) is 12.5. The van der Waals surface area contributed by atoms with Crippen LogP contribution < -0.4 is 4.74 Å². The molecule has 0 amide bonds. The fraction of sp³-hybridized carbons (Fsp3) is 0.458. The van der Waals surface area contributed by atoms with Gasteiger partial charge >= 0.3 is 5.97 Å². The van der Waals surface area contributed by atoms with Crippen LogP contribution >= 0.6 is 0 Å². The summed E-state index contributed by atoms with van der Waals surface area (Å²) in [6, 6.07) is 12.1. The molecule has 0 aliphatic rings. The molecular weight excluding hydrogens is 336 g/mol. The van der Waals surface area contributed by atoms with Crippen molar-refractivity contribution in [3.63, 3.8) is 0 Å². The molecule has 3 heteroatoms. The second-order valence-electron chi connectivity index (χ2n) is 9.08. The van der Waals surface area contributed by atoms with Gasteiger partial charge < -0.3 is 9.47 Å². The number of hydrogen-bond donors (Lipinski definition) is 0. The normalized spacial score (nSPS) is 12.0. The molecule has 0 aromatic heterocycles. The minimum absolute atomic E-state index is 0.0178. The Morgan fingerprint density at radius 2 is 1.48 bits per heavy atom. The van der Waals surface area contributed by atoms with E-state index in [-0.39, 0.29) is 16.8 Å². The molecule has 3 nitrogen and oxygen atoms in total. The topological polar surface area (TPSA) is 35.5 Å². The molecule has 0 saturated heterocycles. The van der Waals surface area contributed by atoms with E-state index in [1.54, 1.807) is 7.11 Å². The highest BCUT2D eigenvalue weighted by atomic mass is 16.5. The largest absolute Gasteiger partial charge is 0.496 e. The number of methoxy groups -OCH3 is 2. The van der Waals surface area contributed by atoms with Gasteiger partial charge in [0.1, 0.15) is 5.75 Å². The number of benzene rings is 2. The summed E-state index contributed by atoms with van der Waals surface area (Å²) in [5.41, 5.74) is 5.42. The zero-order chi connectivity index (χ0) is 20.4. The van der Waals surface area contributed by atoms with E-state index in [0.717, 1.165) is 17.7 Å². The molecule has 27 heavy (non-hydrogen) atoms. The average Bonchev–Trinajstić information content (AvgIpc) is 2.59. The van der Waals surface area contributed by atoms with Crippen molar-refractivity contribution in [2.24, 2.45) is 0 Å². The zero-order valence-electron chi connectivity index (χ0n) is 17.9. The van der Waals surface area contributed by atoms with Gasteiger partial charge in [0.25, 0.3) is 0 Å². The van der Waals surface area contributed by atoms with Crippen molar-refractivity contribution in [3.05, 3.63) is 64.2 Å². The van der Waals surface area contributed by atoms with Crippen LogP contribution in [0, 0.1) is 0 Å². The summed E-state index contributed by atoms with van der Waals surface area (Å²) >= 11 is 0. The van der Waals surface area contributed by atoms with Crippen LogP contribution in [0.3, 0.4) is 0 Å². The maximum absolute atomic E-state index is 11.7. The Kier molecular flexibility index (Phi) is 6.04. The van der Waals surface area contributed by atoms with Gasteiger partial charge in [-0.2, -0.15) is 0 Å². The van der Waals surface area contributed by atoms with Gasteiger partial charge in [0.05, 0.1) is 19.8 Å². The third-order valence-electron chi connectivity index (χ3n) is 4.81. The van der Waals surface area contributed by atoms with Gasteiger partial charge in [-0.1, -0.05) is 65.8 Å². The molecule has 0 aliphatic carbocycles. The number of hydrogen-bond acceptors (Lipinski definition) is 3. The Hall–Kier alpha value is -2.29. The monoisotopic (exact) mass is 368 g/mol. The lowest BCUT2D eigenvalue weighted by Gasteiger charge is -2.29. The molecule has 0 radical (unpaired) electrons. The molecule has 0 bridgehead atoms. The van der Waals surface area contributed by atoms with Gasteiger partial charge in [0, 0.05) is 12.0 Å². The van der Waals surface area contributed by atoms with Crippen LogP contribution in [-0.2, 0) is 22.0 Å². The van der Waals surface area contributed by atoms with E-state index in [1.807, 2.05) is 24.3 Å². The molecule has 0 atom stereocenters. The molecule has 0 aliphatic heterocycles. The first kappa shape index (κ1) is 21.0. The van der Waals surface area contributed by atoms with Crippen molar-refractivity contribution >= 4 is 5.97 Å². The van der Waals surface area contributed by atoms with E-state index in [9.17, 15) is 4.79 Å². The van der Waals surface area contributed by atoms with E-state index < -0.39 is 0 Å². The third-order valence-corrected chi connectivity index (χ3v) is 4.81. The van der Waals surface area contributed by atoms with Crippen LogP contribution in [0.2, 0.25) is 0 Å². The molecule has 0 saturated carbocycles. The molecule has 0 N–H and O–H groups in total. The Morgan fingerprint density at radius 1 is 0.889 bits per heavy atom. The summed E-state index contributed by atoms with van der Waals surface area (Å²) in [7, 11) is 3.14. The lowest BCUT2D eigenvalue weighted by Crippen LogP contribution is -2.18. The maximum Gasteiger partial charge on any atom is 0.337 e. The predicted molar refractivity (Wildman–Crippen MR) is 111 cm³/mol. The Morgan fingerprint density at radius 3 is 1.93 bits per heavy atom. The van der Waals surface area contributed by atoms with Gasteiger partial charge in [-0.05, 0) is 39.7 Å². The second kappa shape index (κ2) is 7.75. The Balaban J connectivity index is 2.53. The van der Waals surface area contributed by atoms with Gasteiger partial charge in [0.2, 0.25) is 0 Å². The zero-order valence-corrected chi connectivity index (χ0v) is 17.9. The van der Waals surface area contributed by atoms with Crippen LogP contribution in [0.1, 0.15) is 74.2 Å². The highest BCUT2D eigenvalue weighted by molar-refractivity contribution is 5.89. The van der Waals surface area contributed by atoms with Crippen LogP contribution in [0.25, 0.3) is 0 Å². The Bertz CT molecular complexity index is 803. The molecular formula is C24H32O3. The first-order valence-corrected chi connectivity index (χ1v) is 9.36. The molecule has 2 aromatic carbocycles. The molecule has 0 fully saturated rings.